The Kier molecular flexibility index (Phi) is 2.41. The van der Waals surface area contributed by atoms with Crippen LogP contribution in [-0.4, -0.2) is 14.8 Å². The van der Waals surface area contributed by atoms with Gasteiger partial charge in [0.2, 0.25) is 0 Å². The average Bonchev–Trinajstić information content (AvgIpc) is 2.65. The van der Waals surface area contributed by atoms with Crippen LogP contribution in [0, 0.1) is 6.92 Å². The topological polar surface area (TPSA) is 30.7 Å². The van der Waals surface area contributed by atoms with E-state index in [0.29, 0.717) is 0 Å². The summed E-state index contributed by atoms with van der Waals surface area (Å²) < 4.78 is 38.5. The molecule has 84 valence electrons. The van der Waals surface area contributed by atoms with Gasteiger partial charge in [-0.05, 0) is 30.7 Å². The van der Waals surface area contributed by atoms with Crippen LogP contribution >= 0.6 is 0 Å². The van der Waals surface area contributed by atoms with Crippen molar-refractivity contribution in [2.24, 2.45) is 0 Å². The SMILES string of the molecule is Cc1ccnc(-n2nccc2C(F)(F)F)c1. The molecule has 2 heterocycles. The first kappa shape index (κ1) is 10.7. The summed E-state index contributed by atoms with van der Waals surface area (Å²) in [6.45, 7) is 1.78. The Bertz CT molecular complexity index is 502. The zero-order chi connectivity index (χ0) is 11.8. The smallest absolute Gasteiger partial charge is 0.237 e. The van der Waals surface area contributed by atoms with Gasteiger partial charge >= 0.3 is 6.18 Å². The molecule has 0 saturated heterocycles. The van der Waals surface area contributed by atoms with E-state index in [9.17, 15) is 13.2 Å². The standard InChI is InChI=1S/C10H8F3N3/c1-7-2-4-14-9(6-7)16-8(3-5-15-16)10(11,12)13/h2-6H,1H3. The highest BCUT2D eigenvalue weighted by molar-refractivity contribution is 5.29. The zero-order valence-corrected chi connectivity index (χ0v) is 8.36. The van der Waals surface area contributed by atoms with Crippen LogP contribution in [0.1, 0.15) is 11.3 Å². The zero-order valence-electron chi connectivity index (χ0n) is 8.36. The first-order chi connectivity index (χ1) is 7.48. The van der Waals surface area contributed by atoms with Gasteiger partial charge in [-0.15, -0.1) is 0 Å². The largest absolute Gasteiger partial charge is 0.433 e. The lowest BCUT2D eigenvalue weighted by atomic mass is 10.3. The molecule has 0 aliphatic heterocycles. The second-order valence-electron chi connectivity index (χ2n) is 3.32. The summed E-state index contributed by atoms with van der Waals surface area (Å²) in [6, 6.07) is 4.17. The summed E-state index contributed by atoms with van der Waals surface area (Å²) in [5.41, 5.74) is -0.000718. The lowest BCUT2D eigenvalue weighted by Gasteiger charge is -2.09. The molecule has 3 nitrogen and oxygen atoms in total. The molecule has 2 rings (SSSR count). The molecule has 2 aromatic heterocycles. The fraction of sp³-hybridized carbons (Fsp3) is 0.200. The van der Waals surface area contributed by atoms with E-state index < -0.39 is 11.9 Å². The third kappa shape index (κ3) is 1.91. The van der Waals surface area contributed by atoms with Crippen LogP contribution in [0.5, 0.6) is 0 Å². The van der Waals surface area contributed by atoms with Crippen LogP contribution in [0.3, 0.4) is 0 Å². The Labute approximate surface area is 89.5 Å². The molecular formula is C10H8F3N3. The lowest BCUT2D eigenvalue weighted by molar-refractivity contribution is -0.142. The number of pyridine rings is 1. The lowest BCUT2D eigenvalue weighted by Crippen LogP contribution is -2.14. The molecule has 0 amide bonds. The van der Waals surface area contributed by atoms with Gasteiger partial charge in [-0.3, -0.25) is 0 Å². The predicted octanol–water partition coefficient (Wildman–Crippen LogP) is 2.59. The predicted molar refractivity (Wildman–Crippen MR) is 51.1 cm³/mol. The number of rotatable bonds is 1. The highest BCUT2D eigenvalue weighted by atomic mass is 19.4. The average molecular weight is 227 g/mol. The van der Waals surface area contributed by atoms with E-state index in [0.717, 1.165) is 22.5 Å². The van der Waals surface area contributed by atoms with Gasteiger partial charge in [0.05, 0.1) is 6.20 Å². The van der Waals surface area contributed by atoms with E-state index in [-0.39, 0.29) is 5.82 Å². The summed E-state index contributed by atoms with van der Waals surface area (Å²) in [6.07, 6.45) is -1.87. The van der Waals surface area contributed by atoms with Gasteiger partial charge in [-0.2, -0.15) is 18.3 Å². The van der Waals surface area contributed by atoms with Crippen molar-refractivity contribution in [3.8, 4) is 5.82 Å². The van der Waals surface area contributed by atoms with Gasteiger partial charge in [-0.1, -0.05) is 0 Å². The van der Waals surface area contributed by atoms with E-state index in [1.165, 1.54) is 6.20 Å². The van der Waals surface area contributed by atoms with Gasteiger partial charge in [0.15, 0.2) is 5.82 Å². The molecule has 0 saturated carbocycles. The van der Waals surface area contributed by atoms with Crippen molar-refractivity contribution in [1.29, 1.82) is 0 Å². The Morgan fingerprint density at radius 1 is 1.19 bits per heavy atom. The monoisotopic (exact) mass is 227 g/mol. The molecule has 0 radical (unpaired) electrons. The fourth-order valence-electron chi connectivity index (χ4n) is 1.34. The summed E-state index contributed by atoms with van der Waals surface area (Å²) >= 11 is 0. The van der Waals surface area contributed by atoms with Crippen molar-refractivity contribution in [3.05, 3.63) is 41.9 Å². The summed E-state index contributed by atoms with van der Waals surface area (Å²) in [5.74, 6) is 0.164. The van der Waals surface area contributed by atoms with Gasteiger partial charge in [-0.25, -0.2) is 9.67 Å². The van der Waals surface area contributed by atoms with Crippen LogP contribution in [0.2, 0.25) is 0 Å². The van der Waals surface area contributed by atoms with Crippen molar-refractivity contribution >= 4 is 0 Å². The van der Waals surface area contributed by atoms with E-state index in [1.807, 2.05) is 0 Å². The minimum atomic E-state index is -4.43. The van der Waals surface area contributed by atoms with Gasteiger partial charge in [0, 0.05) is 6.20 Å². The highest BCUT2D eigenvalue weighted by Gasteiger charge is 2.35. The molecule has 0 atom stereocenters. The Balaban J connectivity index is 2.53. The van der Waals surface area contributed by atoms with Crippen LogP contribution in [0.25, 0.3) is 5.82 Å². The number of halogens is 3. The molecule has 0 bridgehead atoms. The van der Waals surface area contributed by atoms with Crippen molar-refractivity contribution in [2.75, 3.05) is 0 Å². The van der Waals surface area contributed by atoms with Gasteiger partial charge in [0.1, 0.15) is 5.69 Å². The fourth-order valence-corrected chi connectivity index (χ4v) is 1.34. The molecule has 0 N–H and O–H groups in total. The van der Waals surface area contributed by atoms with E-state index in [4.69, 9.17) is 0 Å². The van der Waals surface area contributed by atoms with Gasteiger partial charge in [0.25, 0.3) is 0 Å². The maximum absolute atomic E-state index is 12.6. The maximum atomic E-state index is 12.6. The second kappa shape index (κ2) is 3.62. The van der Waals surface area contributed by atoms with Crippen molar-refractivity contribution in [3.63, 3.8) is 0 Å². The van der Waals surface area contributed by atoms with Crippen LogP contribution < -0.4 is 0 Å². The molecule has 0 unspecified atom stereocenters. The first-order valence-electron chi connectivity index (χ1n) is 4.53. The number of hydrogen-bond donors (Lipinski definition) is 0. The molecule has 6 heteroatoms. The molecule has 0 aliphatic carbocycles. The van der Waals surface area contributed by atoms with Crippen molar-refractivity contribution < 1.29 is 13.2 Å². The summed E-state index contributed by atoms with van der Waals surface area (Å²) in [4.78, 5) is 3.86. The quantitative estimate of drug-likeness (QED) is 0.749. The Morgan fingerprint density at radius 2 is 1.94 bits per heavy atom. The van der Waals surface area contributed by atoms with Gasteiger partial charge < -0.3 is 0 Å². The molecule has 0 spiro atoms. The van der Waals surface area contributed by atoms with Crippen LogP contribution in [-0.2, 0) is 6.18 Å². The Morgan fingerprint density at radius 3 is 2.56 bits per heavy atom. The summed E-state index contributed by atoms with van der Waals surface area (Å²) in [7, 11) is 0. The highest BCUT2D eigenvalue weighted by Crippen LogP contribution is 2.30. The minimum Gasteiger partial charge on any atom is -0.237 e. The molecular weight excluding hydrogens is 219 g/mol. The number of hydrogen-bond acceptors (Lipinski definition) is 2. The number of alkyl halides is 3. The molecule has 2 aromatic rings. The number of nitrogens with zero attached hydrogens (tertiary/aromatic N) is 3. The third-order valence-electron chi connectivity index (χ3n) is 2.05. The third-order valence-corrected chi connectivity index (χ3v) is 2.05. The first-order valence-corrected chi connectivity index (χ1v) is 4.53. The van der Waals surface area contributed by atoms with E-state index in [1.54, 1.807) is 19.1 Å². The maximum Gasteiger partial charge on any atom is 0.433 e. The molecule has 0 aromatic carbocycles. The normalized spacial score (nSPS) is 11.8. The molecule has 0 aliphatic rings. The van der Waals surface area contributed by atoms with Crippen molar-refractivity contribution in [1.82, 2.24) is 14.8 Å². The number of aromatic nitrogens is 3. The van der Waals surface area contributed by atoms with Crippen LogP contribution in [0.15, 0.2) is 30.6 Å². The van der Waals surface area contributed by atoms with E-state index >= 15 is 0 Å². The summed E-state index contributed by atoms with van der Waals surface area (Å²) in [5, 5.41) is 3.63. The number of aryl methyl sites for hydroxylation is 1. The van der Waals surface area contributed by atoms with E-state index in [2.05, 4.69) is 10.1 Å². The molecule has 0 fully saturated rings. The Hall–Kier alpha value is -1.85. The minimum absolute atomic E-state index is 0.164. The van der Waals surface area contributed by atoms with Crippen molar-refractivity contribution in [2.45, 2.75) is 13.1 Å². The molecule has 16 heavy (non-hydrogen) atoms. The van der Waals surface area contributed by atoms with Crippen LogP contribution in [0.4, 0.5) is 13.2 Å². The second-order valence-corrected chi connectivity index (χ2v) is 3.32.